The summed E-state index contributed by atoms with van der Waals surface area (Å²) in [6.45, 7) is 13.1. The molecule has 0 bridgehead atoms. The van der Waals surface area contributed by atoms with Gasteiger partial charge in [0.05, 0.1) is 22.5 Å². The van der Waals surface area contributed by atoms with Crippen LogP contribution in [0, 0.1) is 12.8 Å². The van der Waals surface area contributed by atoms with Crippen LogP contribution in [-0.4, -0.2) is 52.4 Å². The smallest absolute Gasteiger partial charge is 0.265 e. The second-order valence-corrected chi connectivity index (χ2v) is 12.9. The van der Waals surface area contributed by atoms with Gasteiger partial charge in [-0.3, -0.25) is 19.0 Å². The molecular formula is C35H41N5O3S. The molecule has 8 nitrogen and oxygen atoms in total. The van der Waals surface area contributed by atoms with E-state index in [4.69, 9.17) is 10.7 Å². The highest BCUT2D eigenvalue weighted by Gasteiger charge is 2.28. The van der Waals surface area contributed by atoms with Crippen LogP contribution < -0.4 is 16.6 Å². The summed E-state index contributed by atoms with van der Waals surface area (Å²) >= 11 is 1.44. The van der Waals surface area contributed by atoms with Crippen molar-refractivity contribution in [1.29, 1.82) is 0 Å². The van der Waals surface area contributed by atoms with Gasteiger partial charge in [-0.2, -0.15) is 0 Å². The number of nitrogens with two attached hydrogens (primary N) is 1. The molecule has 0 unspecified atom stereocenters. The number of piperazine rings is 1. The summed E-state index contributed by atoms with van der Waals surface area (Å²) in [5, 5.41) is 3.90. The first-order chi connectivity index (χ1) is 21.1. The number of pyridine rings is 1. The van der Waals surface area contributed by atoms with Gasteiger partial charge in [-0.05, 0) is 61.4 Å². The molecule has 0 radical (unpaired) electrons. The van der Waals surface area contributed by atoms with Crippen molar-refractivity contribution in [2.24, 2.45) is 11.7 Å². The second kappa shape index (κ2) is 13.3. The maximum absolute atomic E-state index is 14.8. The van der Waals surface area contributed by atoms with E-state index < -0.39 is 5.91 Å². The van der Waals surface area contributed by atoms with Gasteiger partial charge in [-0.1, -0.05) is 58.0 Å². The molecule has 0 spiro atoms. The Bertz CT molecular complexity index is 1730. The van der Waals surface area contributed by atoms with Crippen molar-refractivity contribution in [2.75, 3.05) is 26.2 Å². The first kappa shape index (κ1) is 31.3. The van der Waals surface area contributed by atoms with Crippen LogP contribution in [0.3, 0.4) is 0 Å². The fourth-order valence-corrected chi connectivity index (χ4v) is 6.87. The van der Waals surface area contributed by atoms with Crippen LogP contribution >= 0.6 is 11.3 Å². The number of carbonyl (C=O) groups is 2. The van der Waals surface area contributed by atoms with Crippen molar-refractivity contribution < 1.29 is 9.59 Å². The zero-order valence-corrected chi connectivity index (χ0v) is 27.0. The van der Waals surface area contributed by atoms with E-state index in [9.17, 15) is 14.4 Å². The Labute approximate surface area is 262 Å². The number of hydrogen-bond acceptors (Lipinski definition) is 6. The van der Waals surface area contributed by atoms with Crippen molar-refractivity contribution in [3.63, 3.8) is 0 Å². The van der Waals surface area contributed by atoms with Crippen molar-refractivity contribution in [2.45, 2.75) is 53.9 Å². The van der Waals surface area contributed by atoms with E-state index in [1.165, 1.54) is 11.3 Å². The first-order valence-electron chi connectivity index (χ1n) is 15.4. The zero-order chi connectivity index (χ0) is 31.5. The maximum atomic E-state index is 14.8. The van der Waals surface area contributed by atoms with Gasteiger partial charge >= 0.3 is 0 Å². The second-order valence-electron chi connectivity index (χ2n) is 11.7. The number of benzene rings is 2. The van der Waals surface area contributed by atoms with Gasteiger partial charge in [0.1, 0.15) is 5.01 Å². The maximum Gasteiger partial charge on any atom is 0.265 e. The minimum absolute atomic E-state index is 0.0558. The number of aryl methyl sites for hydroxylation is 3. The number of primary amides is 1. The Morgan fingerprint density at radius 2 is 1.66 bits per heavy atom. The summed E-state index contributed by atoms with van der Waals surface area (Å²) in [6.07, 6.45) is 2.09. The Morgan fingerprint density at radius 3 is 2.23 bits per heavy atom. The van der Waals surface area contributed by atoms with Crippen LogP contribution in [-0.2, 0) is 19.3 Å². The SMILES string of the molecule is CCc1cccc(CC)c1-n1c(CC(C)C)c(C(=O)N2CCNCC2)cc(-c2nc(-c3ccc(C(N)=O)cc3)c(C)s2)c1=O. The fraction of sp³-hybridized carbons (Fsp3) is 0.371. The number of nitrogens with zero attached hydrogens (tertiary/aromatic N) is 3. The summed E-state index contributed by atoms with van der Waals surface area (Å²) in [6, 6.07) is 15.0. The first-order valence-corrected chi connectivity index (χ1v) is 16.2. The number of hydrogen-bond donors (Lipinski definition) is 2. The quantitative estimate of drug-likeness (QED) is 0.263. The standard InChI is InChI=1S/C35H41N5O3S/c1-6-23-9-8-10-24(7-2)31(23)40-29(19-21(3)4)27(34(42)39-17-15-37-16-18-39)20-28(35(40)43)33-38-30(22(5)44-33)25-11-13-26(14-12-25)32(36)41/h8-14,20-21,37H,6-7,15-19H2,1-5H3,(H2,36,41). The Morgan fingerprint density at radius 1 is 1.02 bits per heavy atom. The van der Waals surface area contributed by atoms with Gasteiger partial charge in [0.15, 0.2) is 0 Å². The molecular weight excluding hydrogens is 570 g/mol. The Hall–Kier alpha value is -4.08. The number of amides is 2. The summed E-state index contributed by atoms with van der Waals surface area (Å²) < 4.78 is 1.83. The average Bonchev–Trinajstić information content (AvgIpc) is 3.41. The van der Waals surface area contributed by atoms with Gasteiger partial charge in [0, 0.05) is 47.9 Å². The summed E-state index contributed by atoms with van der Waals surface area (Å²) in [4.78, 5) is 48.5. The third-order valence-electron chi connectivity index (χ3n) is 8.20. The number of para-hydroxylation sites is 1. The van der Waals surface area contributed by atoms with Crippen molar-refractivity contribution >= 4 is 23.2 Å². The van der Waals surface area contributed by atoms with Crippen molar-refractivity contribution in [1.82, 2.24) is 19.8 Å². The number of nitrogens with one attached hydrogen (secondary N) is 1. The van der Waals surface area contributed by atoms with Gasteiger partial charge < -0.3 is 16.0 Å². The van der Waals surface area contributed by atoms with Crippen LogP contribution in [0.1, 0.15) is 70.1 Å². The molecule has 9 heteroatoms. The van der Waals surface area contributed by atoms with Crippen LogP contribution in [0.5, 0.6) is 0 Å². The normalized spacial score (nSPS) is 13.5. The number of thiazole rings is 1. The molecule has 44 heavy (non-hydrogen) atoms. The minimum Gasteiger partial charge on any atom is -0.366 e. The van der Waals surface area contributed by atoms with E-state index in [-0.39, 0.29) is 17.4 Å². The zero-order valence-electron chi connectivity index (χ0n) is 26.2. The molecule has 4 aromatic rings. The molecule has 2 aromatic heterocycles. The van der Waals surface area contributed by atoms with E-state index >= 15 is 0 Å². The monoisotopic (exact) mass is 611 g/mol. The molecule has 3 N–H and O–H groups in total. The van der Waals surface area contributed by atoms with Gasteiger partial charge in [-0.25, -0.2) is 4.98 Å². The highest BCUT2D eigenvalue weighted by molar-refractivity contribution is 7.15. The molecule has 0 atom stereocenters. The third-order valence-corrected chi connectivity index (χ3v) is 9.20. The van der Waals surface area contributed by atoms with E-state index in [0.717, 1.165) is 64.6 Å². The van der Waals surface area contributed by atoms with Crippen molar-refractivity contribution in [3.05, 3.63) is 91.7 Å². The molecule has 2 amide bonds. The van der Waals surface area contributed by atoms with Gasteiger partial charge in [0.25, 0.3) is 11.5 Å². The highest BCUT2D eigenvalue weighted by atomic mass is 32.1. The molecule has 2 aromatic carbocycles. The Kier molecular flexibility index (Phi) is 9.46. The number of aromatic nitrogens is 2. The molecule has 0 aliphatic carbocycles. The van der Waals surface area contributed by atoms with Crippen LogP contribution in [0.25, 0.3) is 27.5 Å². The number of carbonyl (C=O) groups excluding carboxylic acids is 2. The predicted octanol–water partition coefficient (Wildman–Crippen LogP) is 5.40. The van der Waals surface area contributed by atoms with Crippen molar-refractivity contribution in [3.8, 4) is 27.5 Å². The minimum atomic E-state index is -0.491. The molecule has 1 saturated heterocycles. The van der Waals surface area contributed by atoms with Gasteiger partial charge in [0.2, 0.25) is 5.91 Å². The number of rotatable bonds is 9. The molecule has 3 heterocycles. The molecule has 5 rings (SSSR count). The third kappa shape index (κ3) is 6.12. The highest BCUT2D eigenvalue weighted by Crippen LogP contribution is 2.34. The fourth-order valence-electron chi connectivity index (χ4n) is 5.93. The largest absolute Gasteiger partial charge is 0.366 e. The average molecular weight is 612 g/mol. The molecule has 0 saturated carbocycles. The van der Waals surface area contributed by atoms with Crippen LogP contribution in [0.2, 0.25) is 0 Å². The Balaban J connectivity index is 1.80. The molecule has 230 valence electrons. The molecule has 1 aliphatic rings. The molecule has 1 aliphatic heterocycles. The summed E-state index contributed by atoms with van der Waals surface area (Å²) in [5.41, 5.74) is 12.0. The topological polar surface area (TPSA) is 110 Å². The lowest BCUT2D eigenvalue weighted by Crippen LogP contribution is -2.47. The predicted molar refractivity (Wildman–Crippen MR) is 178 cm³/mol. The van der Waals surface area contributed by atoms with E-state index in [2.05, 4.69) is 45.1 Å². The lowest BCUT2D eigenvalue weighted by atomic mass is 9.97. The van der Waals surface area contributed by atoms with E-state index in [0.29, 0.717) is 41.2 Å². The van der Waals surface area contributed by atoms with Gasteiger partial charge in [-0.15, -0.1) is 11.3 Å². The van der Waals surface area contributed by atoms with Crippen LogP contribution in [0.4, 0.5) is 0 Å². The lowest BCUT2D eigenvalue weighted by Gasteiger charge is -2.30. The van der Waals surface area contributed by atoms with E-state index in [1.807, 2.05) is 34.6 Å². The molecule has 1 fully saturated rings. The summed E-state index contributed by atoms with van der Waals surface area (Å²) in [7, 11) is 0. The van der Waals surface area contributed by atoms with E-state index in [1.54, 1.807) is 18.2 Å². The van der Waals surface area contributed by atoms with Crippen LogP contribution in [0.15, 0.2) is 53.3 Å². The lowest BCUT2D eigenvalue weighted by molar-refractivity contribution is 0.0733. The summed E-state index contributed by atoms with van der Waals surface area (Å²) in [5.74, 6) is -0.327.